The van der Waals surface area contributed by atoms with Gasteiger partial charge in [0.25, 0.3) is 0 Å². The van der Waals surface area contributed by atoms with Gasteiger partial charge in [0, 0.05) is 6.54 Å². The predicted molar refractivity (Wildman–Crippen MR) is 44.2 cm³/mol. The first-order valence-corrected chi connectivity index (χ1v) is 5.70. The number of piperidine rings is 1. The second kappa shape index (κ2) is 3.68. The van der Waals surface area contributed by atoms with E-state index in [1.165, 1.54) is 0 Å². The summed E-state index contributed by atoms with van der Waals surface area (Å²) in [6.45, 7) is 0.890. The van der Waals surface area contributed by atoms with E-state index in [9.17, 15) is 12.8 Å². The van der Waals surface area contributed by atoms with Crippen LogP contribution in [-0.4, -0.2) is 40.0 Å². The highest BCUT2D eigenvalue weighted by Gasteiger charge is 2.26. The molecule has 4 nitrogen and oxygen atoms in total. The molecule has 0 amide bonds. The Morgan fingerprint density at radius 2 is 2.25 bits per heavy atom. The van der Waals surface area contributed by atoms with Crippen LogP contribution in [0.5, 0.6) is 0 Å². The summed E-state index contributed by atoms with van der Waals surface area (Å²) in [6, 6.07) is -0.554. The molecule has 12 heavy (non-hydrogen) atoms. The van der Waals surface area contributed by atoms with E-state index in [4.69, 9.17) is 0 Å². The van der Waals surface area contributed by atoms with Crippen LogP contribution in [-0.2, 0) is 10.0 Å². The molecular formula is C6H13FN2O2S. The summed E-state index contributed by atoms with van der Waals surface area (Å²) >= 11 is 0. The van der Waals surface area contributed by atoms with E-state index in [2.05, 4.69) is 10.0 Å². The number of sulfonamides is 1. The fourth-order valence-corrected chi connectivity index (χ4v) is 2.04. The molecule has 0 aromatic rings. The molecular weight excluding hydrogens is 183 g/mol. The summed E-state index contributed by atoms with van der Waals surface area (Å²) in [4.78, 5) is 0. The van der Waals surface area contributed by atoms with Crippen molar-refractivity contribution < 1.29 is 12.8 Å². The maximum atomic E-state index is 13.0. The number of rotatable bonds is 2. The van der Waals surface area contributed by atoms with Crippen LogP contribution in [0, 0.1) is 0 Å². The molecule has 0 aromatic carbocycles. The summed E-state index contributed by atoms with van der Waals surface area (Å²) in [7, 11) is -3.27. The maximum Gasteiger partial charge on any atom is 0.209 e. The minimum absolute atomic E-state index is 0.229. The molecule has 1 rings (SSSR count). The van der Waals surface area contributed by atoms with Crippen molar-refractivity contribution in [3.05, 3.63) is 0 Å². The normalized spacial score (nSPS) is 31.8. The Morgan fingerprint density at radius 1 is 1.58 bits per heavy atom. The largest absolute Gasteiger partial charge is 0.314 e. The van der Waals surface area contributed by atoms with Gasteiger partial charge < -0.3 is 5.32 Å². The minimum atomic E-state index is -3.27. The predicted octanol–water partition coefficient (Wildman–Crippen LogP) is -0.764. The van der Waals surface area contributed by atoms with Gasteiger partial charge in [0.05, 0.1) is 12.3 Å². The molecule has 0 bridgehead atoms. The van der Waals surface area contributed by atoms with Crippen LogP contribution in [0.15, 0.2) is 0 Å². The standard InChI is InChI=1S/C6H13FN2O2S/c1-12(10,11)9-6-2-3-8-4-5(6)7/h5-6,8-9H,2-4H2,1H3. The van der Waals surface area contributed by atoms with Gasteiger partial charge in [-0.25, -0.2) is 17.5 Å². The van der Waals surface area contributed by atoms with Crippen molar-refractivity contribution >= 4 is 10.0 Å². The zero-order valence-electron chi connectivity index (χ0n) is 6.88. The van der Waals surface area contributed by atoms with Gasteiger partial charge in [0.15, 0.2) is 0 Å². The molecule has 1 heterocycles. The third-order valence-electron chi connectivity index (χ3n) is 1.77. The van der Waals surface area contributed by atoms with Crippen LogP contribution < -0.4 is 10.0 Å². The molecule has 2 atom stereocenters. The monoisotopic (exact) mass is 196 g/mol. The molecule has 0 aromatic heterocycles. The van der Waals surface area contributed by atoms with Crippen LogP contribution in [0.4, 0.5) is 4.39 Å². The first kappa shape index (κ1) is 9.88. The zero-order chi connectivity index (χ0) is 9.19. The lowest BCUT2D eigenvalue weighted by atomic mass is 10.1. The summed E-state index contributed by atoms with van der Waals surface area (Å²) in [5.74, 6) is 0. The Kier molecular flexibility index (Phi) is 3.03. The lowest BCUT2D eigenvalue weighted by Gasteiger charge is -2.26. The van der Waals surface area contributed by atoms with Gasteiger partial charge in [0.2, 0.25) is 10.0 Å². The van der Waals surface area contributed by atoms with Crippen LogP contribution >= 0.6 is 0 Å². The second-order valence-electron chi connectivity index (χ2n) is 3.01. The molecule has 1 aliphatic heterocycles. The Labute approximate surface area is 71.6 Å². The number of nitrogens with one attached hydrogen (secondary N) is 2. The van der Waals surface area contributed by atoms with Crippen molar-refractivity contribution in [2.75, 3.05) is 19.3 Å². The SMILES string of the molecule is CS(=O)(=O)NC1CCNCC1F. The van der Waals surface area contributed by atoms with Crippen LogP contribution in [0.25, 0.3) is 0 Å². The second-order valence-corrected chi connectivity index (χ2v) is 4.79. The van der Waals surface area contributed by atoms with Crippen molar-refractivity contribution in [1.29, 1.82) is 0 Å². The van der Waals surface area contributed by atoms with E-state index in [1.807, 2.05) is 0 Å². The van der Waals surface area contributed by atoms with Crippen molar-refractivity contribution in [1.82, 2.24) is 10.0 Å². The maximum absolute atomic E-state index is 13.0. The van der Waals surface area contributed by atoms with Gasteiger partial charge in [-0.3, -0.25) is 0 Å². The Bertz CT molecular complexity index is 242. The molecule has 1 saturated heterocycles. The van der Waals surface area contributed by atoms with E-state index in [-0.39, 0.29) is 6.54 Å². The summed E-state index contributed by atoms with van der Waals surface area (Å²) in [6.07, 6.45) is 0.434. The van der Waals surface area contributed by atoms with Crippen LogP contribution in [0.2, 0.25) is 0 Å². The van der Waals surface area contributed by atoms with E-state index < -0.39 is 22.2 Å². The molecule has 0 radical (unpaired) electrons. The third-order valence-corrected chi connectivity index (χ3v) is 2.50. The topological polar surface area (TPSA) is 58.2 Å². The van der Waals surface area contributed by atoms with Gasteiger partial charge >= 0.3 is 0 Å². The van der Waals surface area contributed by atoms with Gasteiger partial charge in [-0.2, -0.15) is 0 Å². The smallest absolute Gasteiger partial charge is 0.209 e. The van der Waals surface area contributed by atoms with Gasteiger partial charge in [-0.1, -0.05) is 0 Å². The van der Waals surface area contributed by atoms with Crippen molar-refractivity contribution in [3.8, 4) is 0 Å². The third kappa shape index (κ3) is 3.04. The molecule has 2 N–H and O–H groups in total. The fourth-order valence-electron chi connectivity index (χ4n) is 1.23. The highest BCUT2D eigenvalue weighted by molar-refractivity contribution is 7.88. The van der Waals surface area contributed by atoms with Gasteiger partial charge in [-0.15, -0.1) is 0 Å². The molecule has 0 aliphatic carbocycles. The number of halogens is 1. The van der Waals surface area contributed by atoms with Gasteiger partial charge in [-0.05, 0) is 13.0 Å². The molecule has 0 saturated carbocycles. The number of alkyl halides is 1. The fraction of sp³-hybridized carbons (Fsp3) is 1.00. The molecule has 1 aliphatic rings. The van der Waals surface area contributed by atoms with Crippen molar-refractivity contribution in [3.63, 3.8) is 0 Å². The molecule has 72 valence electrons. The van der Waals surface area contributed by atoms with Crippen LogP contribution in [0.1, 0.15) is 6.42 Å². The van der Waals surface area contributed by atoms with Crippen molar-refractivity contribution in [2.24, 2.45) is 0 Å². The first-order valence-electron chi connectivity index (χ1n) is 3.81. The molecule has 6 heteroatoms. The highest BCUT2D eigenvalue weighted by Crippen LogP contribution is 2.07. The lowest BCUT2D eigenvalue weighted by molar-refractivity contribution is 0.221. The Balaban J connectivity index is 2.50. The summed E-state index contributed by atoms with van der Waals surface area (Å²) in [5.41, 5.74) is 0. The molecule has 2 unspecified atom stereocenters. The summed E-state index contributed by atoms with van der Waals surface area (Å²) in [5, 5.41) is 2.84. The van der Waals surface area contributed by atoms with E-state index >= 15 is 0 Å². The van der Waals surface area contributed by atoms with Crippen molar-refractivity contribution in [2.45, 2.75) is 18.6 Å². The Hall–Kier alpha value is -0.200. The van der Waals surface area contributed by atoms with E-state index in [0.29, 0.717) is 13.0 Å². The van der Waals surface area contributed by atoms with E-state index in [1.54, 1.807) is 0 Å². The minimum Gasteiger partial charge on any atom is -0.314 e. The Morgan fingerprint density at radius 3 is 2.75 bits per heavy atom. The average Bonchev–Trinajstić information content (AvgIpc) is 1.91. The summed E-state index contributed by atoms with van der Waals surface area (Å²) < 4.78 is 36.7. The molecule has 0 spiro atoms. The highest BCUT2D eigenvalue weighted by atomic mass is 32.2. The van der Waals surface area contributed by atoms with Gasteiger partial charge in [0.1, 0.15) is 6.17 Å². The quantitative estimate of drug-likeness (QED) is 0.610. The average molecular weight is 196 g/mol. The molecule has 1 fully saturated rings. The number of hydrogen-bond donors (Lipinski definition) is 2. The van der Waals surface area contributed by atoms with E-state index in [0.717, 1.165) is 6.26 Å². The van der Waals surface area contributed by atoms with Crippen LogP contribution in [0.3, 0.4) is 0 Å². The first-order chi connectivity index (χ1) is 5.49. The zero-order valence-corrected chi connectivity index (χ0v) is 7.70. The lowest BCUT2D eigenvalue weighted by Crippen LogP contribution is -2.50. The number of hydrogen-bond acceptors (Lipinski definition) is 3.